The standard InChI is InChI=1S/C19H15Cl2N3OS/c1-2-22-10-13-9-17(14-7-11(20)3-5-15(14)23-13)25-19-24-16-8-12(21)4-6-18(16)26-19/h3-9,22H,2,10H2,1H3. The third-order valence-electron chi connectivity index (χ3n) is 3.87. The maximum Gasteiger partial charge on any atom is 0.279 e. The van der Waals surface area contributed by atoms with Crippen molar-refractivity contribution in [3.63, 3.8) is 0 Å². The van der Waals surface area contributed by atoms with Crippen LogP contribution >= 0.6 is 34.5 Å². The molecule has 0 atom stereocenters. The van der Waals surface area contributed by atoms with Crippen molar-refractivity contribution in [3.8, 4) is 10.9 Å². The molecule has 26 heavy (non-hydrogen) atoms. The average molecular weight is 404 g/mol. The number of nitrogens with one attached hydrogen (secondary N) is 1. The summed E-state index contributed by atoms with van der Waals surface area (Å²) in [6.07, 6.45) is 0. The van der Waals surface area contributed by atoms with Gasteiger partial charge in [0.1, 0.15) is 5.75 Å². The molecular weight excluding hydrogens is 389 g/mol. The zero-order valence-electron chi connectivity index (χ0n) is 13.9. The number of benzene rings is 2. The Bertz CT molecular complexity index is 1100. The van der Waals surface area contributed by atoms with Crippen LogP contribution in [0.3, 0.4) is 0 Å². The summed E-state index contributed by atoms with van der Waals surface area (Å²) in [6.45, 7) is 3.60. The van der Waals surface area contributed by atoms with Crippen LogP contribution in [0.1, 0.15) is 12.6 Å². The fourth-order valence-electron chi connectivity index (χ4n) is 2.66. The molecule has 2 heterocycles. The van der Waals surface area contributed by atoms with E-state index in [1.165, 1.54) is 11.3 Å². The van der Waals surface area contributed by atoms with Gasteiger partial charge in [-0.25, -0.2) is 4.98 Å². The van der Waals surface area contributed by atoms with Gasteiger partial charge in [0, 0.05) is 28.0 Å². The summed E-state index contributed by atoms with van der Waals surface area (Å²) in [5.41, 5.74) is 2.56. The van der Waals surface area contributed by atoms with Gasteiger partial charge in [-0.05, 0) is 42.9 Å². The van der Waals surface area contributed by atoms with Gasteiger partial charge in [0.2, 0.25) is 0 Å². The molecular formula is C19H15Cl2N3OS. The first-order chi connectivity index (χ1) is 12.6. The van der Waals surface area contributed by atoms with Gasteiger partial charge in [0.15, 0.2) is 0 Å². The van der Waals surface area contributed by atoms with E-state index in [1.807, 2.05) is 42.5 Å². The van der Waals surface area contributed by atoms with Crippen molar-refractivity contribution in [1.82, 2.24) is 15.3 Å². The fraction of sp³-hybridized carbons (Fsp3) is 0.158. The summed E-state index contributed by atoms with van der Waals surface area (Å²) in [6, 6.07) is 13.1. The summed E-state index contributed by atoms with van der Waals surface area (Å²) in [7, 11) is 0. The number of hydrogen-bond donors (Lipinski definition) is 1. The van der Waals surface area contributed by atoms with Crippen molar-refractivity contribution in [2.24, 2.45) is 0 Å². The highest BCUT2D eigenvalue weighted by Crippen LogP contribution is 2.36. The Kier molecular flexibility index (Phi) is 4.96. The minimum atomic E-state index is 0.559. The molecule has 0 aliphatic rings. The first-order valence-corrected chi connectivity index (χ1v) is 9.73. The minimum Gasteiger partial charge on any atom is -0.430 e. The highest BCUT2D eigenvalue weighted by atomic mass is 35.5. The van der Waals surface area contributed by atoms with E-state index in [0.717, 1.165) is 33.4 Å². The summed E-state index contributed by atoms with van der Waals surface area (Å²) in [5.74, 6) is 0.690. The Morgan fingerprint density at radius 3 is 2.65 bits per heavy atom. The van der Waals surface area contributed by atoms with Gasteiger partial charge in [0.25, 0.3) is 5.19 Å². The first-order valence-electron chi connectivity index (χ1n) is 8.16. The quantitative estimate of drug-likeness (QED) is 0.440. The monoisotopic (exact) mass is 403 g/mol. The summed E-state index contributed by atoms with van der Waals surface area (Å²) < 4.78 is 7.15. The fourth-order valence-corrected chi connectivity index (χ4v) is 3.81. The molecule has 4 rings (SSSR count). The van der Waals surface area contributed by atoms with Gasteiger partial charge in [-0.1, -0.05) is 41.5 Å². The molecule has 2 aromatic heterocycles. The molecule has 2 aromatic carbocycles. The predicted molar refractivity (Wildman–Crippen MR) is 109 cm³/mol. The highest BCUT2D eigenvalue weighted by Gasteiger charge is 2.12. The molecule has 0 aliphatic carbocycles. The number of nitrogens with zero attached hydrogens (tertiary/aromatic N) is 2. The Balaban J connectivity index is 1.78. The zero-order chi connectivity index (χ0) is 18.1. The molecule has 0 amide bonds. The summed E-state index contributed by atoms with van der Waals surface area (Å²) in [4.78, 5) is 9.21. The smallest absolute Gasteiger partial charge is 0.279 e. The van der Waals surface area contributed by atoms with Crippen LogP contribution in [0.25, 0.3) is 21.1 Å². The number of fused-ring (bicyclic) bond motifs is 2. The number of hydrogen-bond acceptors (Lipinski definition) is 5. The largest absolute Gasteiger partial charge is 0.430 e. The average Bonchev–Trinajstić information content (AvgIpc) is 3.01. The molecule has 4 aromatic rings. The maximum atomic E-state index is 6.18. The molecule has 7 heteroatoms. The second kappa shape index (κ2) is 7.37. The Labute approximate surface area is 164 Å². The first kappa shape index (κ1) is 17.5. The van der Waals surface area contributed by atoms with Gasteiger partial charge in [0.05, 0.1) is 21.4 Å². The molecule has 0 saturated heterocycles. The summed E-state index contributed by atoms with van der Waals surface area (Å²) >= 11 is 13.7. The van der Waals surface area contributed by atoms with E-state index in [0.29, 0.717) is 27.5 Å². The van der Waals surface area contributed by atoms with E-state index in [1.54, 1.807) is 0 Å². The predicted octanol–water partition coefficient (Wildman–Crippen LogP) is 6.05. The third kappa shape index (κ3) is 3.62. The van der Waals surface area contributed by atoms with Crippen molar-refractivity contribution in [2.45, 2.75) is 13.5 Å². The number of pyridine rings is 1. The number of aromatic nitrogens is 2. The molecule has 0 spiro atoms. The number of halogens is 2. The van der Waals surface area contributed by atoms with Crippen LogP contribution in [0.4, 0.5) is 0 Å². The van der Waals surface area contributed by atoms with Crippen LogP contribution in [-0.4, -0.2) is 16.5 Å². The van der Waals surface area contributed by atoms with E-state index < -0.39 is 0 Å². The second-order valence-corrected chi connectivity index (χ2v) is 7.61. The minimum absolute atomic E-state index is 0.559. The molecule has 1 N–H and O–H groups in total. The highest BCUT2D eigenvalue weighted by molar-refractivity contribution is 7.20. The van der Waals surface area contributed by atoms with Crippen LogP contribution in [-0.2, 0) is 6.54 Å². The lowest BCUT2D eigenvalue weighted by atomic mass is 10.2. The topological polar surface area (TPSA) is 47.0 Å². The van der Waals surface area contributed by atoms with Crippen molar-refractivity contribution in [3.05, 3.63) is 58.2 Å². The lowest BCUT2D eigenvalue weighted by Gasteiger charge is -2.10. The van der Waals surface area contributed by atoms with E-state index in [-0.39, 0.29) is 0 Å². The number of thiazole rings is 1. The molecule has 0 saturated carbocycles. The Hall–Kier alpha value is -1.92. The summed E-state index contributed by atoms with van der Waals surface area (Å²) in [5, 5.41) is 6.00. The maximum absolute atomic E-state index is 6.18. The van der Waals surface area contributed by atoms with Crippen molar-refractivity contribution in [2.75, 3.05) is 6.54 Å². The van der Waals surface area contributed by atoms with E-state index in [4.69, 9.17) is 27.9 Å². The van der Waals surface area contributed by atoms with E-state index in [9.17, 15) is 0 Å². The van der Waals surface area contributed by atoms with Crippen molar-refractivity contribution >= 4 is 55.7 Å². The van der Waals surface area contributed by atoms with Crippen LogP contribution in [0, 0.1) is 0 Å². The van der Waals surface area contributed by atoms with Gasteiger partial charge >= 0.3 is 0 Å². The lowest BCUT2D eigenvalue weighted by Crippen LogP contribution is -2.13. The normalized spacial score (nSPS) is 11.3. The van der Waals surface area contributed by atoms with Crippen LogP contribution in [0.15, 0.2) is 42.5 Å². The van der Waals surface area contributed by atoms with Gasteiger partial charge in [-0.2, -0.15) is 0 Å². The van der Waals surface area contributed by atoms with Gasteiger partial charge in [-0.3, -0.25) is 4.98 Å². The van der Waals surface area contributed by atoms with Crippen LogP contribution < -0.4 is 10.1 Å². The van der Waals surface area contributed by atoms with Gasteiger partial charge in [-0.15, -0.1) is 0 Å². The van der Waals surface area contributed by atoms with E-state index in [2.05, 4.69) is 22.2 Å². The van der Waals surface area contributed by atoms with Crippen molar-refractivity contribution < 1.29 is 4.74 Å². The lowest BCUT2D eigenvalue weighted by molar-refractivity contribution is 0.484. The molecule has 0 aliphatic heterocycles. The van der Waals surface area contributed by atoms with E-state index >= 15 is 0 Å². The number of rotatable bonds is 5. The van der Waals surface area contributed by atoms with Gasteiger partial charge < -0.3 is 10.1 Å². The molecule has 0 radical (unpaired) electrons. The second-order valence-electron chi connectivity index (χ2n) is 5.75. The Morgan fingerprint density at radius 1 is 1.00 bits per heavy atom. The van der Waals surface area contributed by atoms with Crippen molar-refractivity contribution in [1.29, 1.82) is 0 Å². The number of ether oxygens (including phenoxy) is 1. The molecule has 0 fully saturated rings. The van der Waals surface area contributed by atoms with Crippen LogP contribution in [0.2, 0.25) is 10.0 Å². The third-order valence-corrected chi connectivity index (χ3v) is 5.25. The SMILES string of the molecule is CCNCc1cc(Oc2nc3cc(Cl)ccc3s2)c2cc(Cl)ccc2n1. The van der Waals surface area contributed by atoms with Crippen LogP contribution in [0.5, 0.6) is 10.9 Å². The Morgan fingerprint density at radius 2 is 1.81 bits per heavy atom. The molecule has 0 bridgehead atoms. The molecule has 132 valence electrons. The zero-order valence-corrected chi connectivity index (χ0v) is 16.3. The molecule has 0 unspecified atom stereocenters. The molecule has 4 nitrogen and oxygen atoms in total.